The predicted molar refractivity (Wildman–Crippen MR) is 77.5 cm³/mol. The number of hydrogen-bond donors (Lipinski definition) is 1. The summed E-state index contributed by atoms with van der Waals surface area (Å²) in [5.41, 5.74) is 1.52. The van der Waals surface area contributed by atoms with Gasteiger partial charge < -0.3 is 0 Å². The Bertz CT molecular complexity index is 695. The molecule has 0 aliphatic rings. The smallest absolute Gasteiger partial charge is 0.265 e. The second kappa shape index (κ2) is 5.34. The van der Waals surface area contributed by atoms with Crippen LogP contribution >= 0.6 is 15.9 Å². The van der Waals surface area contributed by atoms with Crippen LogP contribution < -0.4 is 4.72 Å². The molecular weight excluding hydrogens is 330 g/mol. The standard InChI is InChI=1S/C12H14BrN3O2S/c1-3-9-6-10(13)4-5-12(9)15-19(17,18)11-7-14-16(2)8-11/h4-8,15H,3H2,1-2H3. The molecule has 102 valence electrons. The molecule has 0 unspecified atom stereocenters. The molecule has 1 heterocycles. The van der Waals surface area contributed by atoms with Crippen molar-refractivity contribution in [2.24, 2.45) is 7.05 Å². The predicted octanol–water partition coefficient (Wildman–Crippen LogP) is 2.55. The van der Waals surface area contributed by atoms with Gasteiger partial charge in [-0.25, -0.2) is 8.42 Å². The Labute approximate surface area is 120 Å². The van der Waals surface area contributed by atoms with E-state index >= 15 is 0 Å². The highest BCUT2D eigenvalue weighted by atomic mass is 79.9. The molecule has 2 rings (SSSR count). The molecule has 1 aromatic heterocycles. The Balaban J connectivity index is 2.35. The van der Waals surface area contributed by atoms with Crippen molar-refractivity contribution in [3.05, 3.63) is 40.6 Å². The van der Waals surface area contributed by atoms with Gasteiger partial charge >= 0.3 is 0 Å². The zero-order valence-corrected chi connectivity index (χ0v) is 13.0. The minimum absolute atomic E-state index is 0.153. The van der Waals surface area contributed by atoms with Crippen molar-refractivity contribution in [1.82, 2.24) is 9.78 Å². The van der Waals surface area contributed by atoms with Crippen molar-refractivity contribution < 1.29 is 8.42 Å². The Morgan fingerprint density at radius 2 is 2.16 bits per heavy atom. The van der Waals surface area contributed by atoms with Crippen LogP contribution in [0.2, 0.25) is 0 Å². The maximum atomic E-state index is 12.2. The van der Waals surface area contributed by atoms with E-state index in [1.165, 1.54) is 17.1 Å². The van der Waals surface area contributed by atoms with Crippen LogP contribution in [-0.2, 0) is 23.5 Å². The van der Waals surface area contributed by atoms with E-state index in [2.05, 4.69) is 25.8 Å². The fourth-order valence-corrected chi connectivity index (χ4v) is 3.19. The van der Waals surface area contributed by atoms with E-state index in [4.69, 9.17) is 0 Å². The lowest BCUT2D eigenvalue weighted by atomic mass is 10.1. The molecule has 0 bridgehead atoms. The largest absolute Gasteiger partial charge is 0.279 e. The molecule has 2 aromatic rings. The topological polar surface area (TPSA) is 64.0 Å². The molecule has 1 aromatic carbocycles. The number of hydrogen-bond acceptors (Lipinski definition) is 3. The third-order valence-corrected chi connectivity index (χ3v) is 4.50. The van der Waals surface area contributed by atoms with Crippen molar-refractivity contribution in [3.8, 4) is 0 Å². The van der Waals surface area contributed by atoms with Gasteiger partial charge in [-0.1, -0.05) is 22.9 Å². The molecule has 0 aliphatic heterocycles. The Morgan fingerprint density at radius 3 is 2.74 bits per heavy atom. The quantitative estimate of drug-likeness (QED) is 0.927. The highest BCUT2D eigenvalue weighted by molar-refractivity contribution is 9.10. The highest BCUT2D eigenvalue weighted by Crippen LogP contribution is 2.24. The molecule has 0 fully saturated rings. The summed E-state index contributed by atoms with van der Waals surface area (Å²) in [7, 11) is -1.91. The van der Waals surface area contributed by atoms with E-state index in [0.717, 1.165) is 16.5 Å². The molecular formula is C12H14BrN3O2S. The molecule has 0 spiro atoms. The van der Waals surface area contributed by atoms with Gasteiger partial charge in [-0.2, -0.15) is 5.10 Å². The van der Waals surface area contributed by atoms with Gasteiger partial charge in [0.2, 0.25) is 0 Å². The summed E-state index contributed by atoms with van der Waals surface area (Å²) in [4.78, 5) is 0.153. The molecule has 5 nitrogen and oxygen atoms in total. The summed E-state index contributed by atoms with van der Waals surface area (Å²) in [5.74, 6) is 0. The van der Waals surface area contributed by atoms with Crippen LogP contribution in [0.3, 0.4) is 0 Å². The lowest BCUT2D eigenvalue weighted by Crippen LogP contribution is -2.13. The first-order valence-electron chi connectivity index (χ1n) is 5.72. The number of halogens is 1. The minimum atomic E-state index is -3.59. The van der Waals surface area contributed by atoms with Crippen LogP contribution in [0.4, 0.5) is 5.69 Å². The maximum Gasteiger partial charge on any atom is 0.265 e. The average Bonchev–Trinajstić information content (AvgIpc) is 2.79. The average molecular weight is 344 g/mol. The number of benzene rings is 1. The van der Waals surface area contributed by atoms with Gasteiger partial charge in [0.15, 0.2) is 0 Å². The third-order valence-electron chi connectivity index (χ3n) is 2.68. The molecule has 0 aliphatic carbocycles. The van der Waals surface area contributed by atoms with Crippen LogP contribution in [0.1, 0.15) is 12.5 Å². The number of nitrogens with one attached hydrogen (secondary N) is 1. The van der Waals surface area contributed by atoms with Gasteiger partial charge in [0, 0.05) is 17.7 Å². The van der Waals surface area contributed by atoms with Gasteiger partial charge in [0.05, 0.1) is 11.9 Å². The van der Waals surface area contributed by atoms with Gasteiger partial charge in [-0.3, -0.25) is 9.40 Å². The van der Waals surface area contributed by atoms with E-state index < -0.39 is 10.0 Å². The second-order valence-electron chi connectivity index (χ2n) is 4.11. The van der Waals surface area contributed by atoms with E-state index in [-0.39, 0.29) is 4.90 Å². The lowest BCUT2D eigenvalue weighted by molar-refractivity contribution is 0.601. The van der Waals surface area contributed by atoms with Crippen LogP contribution in [0.25, 0.3) is 0 Å². The third kappa shape index (κ3) is 3.16. The van der Waals surface area contributed by atoms with Crippen LogP contribution in [0.5, 0.6) is 0 Å². The molecule has 0 radical (unpaired) electrons. The number of anilines is 1. The van der Waals surface area contributed by atoms with Gasteiger partial charge in [0.1, 0.15) is 4.90 Å². The molecule has 0 atom stereocenters. The maximum absolute atomic E-state index is 12.2. The molecule has 0 amide bonds. The van der Waals surface area contributed by atoms with Gasteiger partial charge in [-0.05, 0) is 30.2 Å². The first-order valence-corrected chi connectivity index (χ1v) is 8.00. The Morgan fingerprint density at radius 1 is 1.42 bits per heavy atom. The summed E-state index contributed by atoms with van der Waals surface area (Å²) < 4.78 is 29.4. The molecule has 0 saturated heterocycles. The lowest BCUT2D eigenvalue weighted by Gasteiger charge is -2.11. The second-order valence-corrected chi connectivity index (χ2v) is 6.71. The van der Waals surface area contributed by atoms with Crippen molar-refractivity contribution >= 4 is 31.6 Å². The molecule has 19 heavy (non-hydrogen) atoms. The summed E-state index contributed by atoms with van der Waals surface area (Å²) in [6, 6.07) is 5.46. The zero-order chi connectivity index (χ0) is 14.0. The first kappa shape index (κ1) is 14.1. The number of sulfonamides is 1. The molecule has 7 heteroatoms. The minimum Gasteiger partial charge on any atom is -0.279 e. The SMILES string of the molecule is CCc1cc(Br)ccc1NS(=O)(=O)c1cnn(C)c1. The summed E-state index contributed by atoms with van der Waals surface area (Å²) >= 11 is 3.37. The normalized spacial score (nSPS) is 11.5. The van der Waals surface area contributed by atoms with E-state index in [0.29, 0.717) is 5.69 Å². The van der Waals surface area contributed by atoms with Gasteiger partial charge in [-0.15, -0.1) is 0 Å². The number of rotatable bonds is 4. The molecule has 1 N–H and O–H groups in total. The Hall–Kier alpha value is -1.34. The number of nitrogens with zero attached hydrogens (tertiary/aromatic N) is 2. The van der Waals surface area contributed by atoms with Crippen molar-refractivity contribution in [3.63, 3.8) is 0 Å². The van der Waals surface area contributed by atoms with Crippen LogP contribution in [0, 0.1) is 0 Å². The van der Waals surface area contributed by atoms with Crippen molar-refractivity contribution in [1.29, 1.82) is 0 Å². The van der Waals surface area contributed by atoms with E-state index in [9.17, 15) is 8.42 Å². The van der Waals surface area contributed by atoms with Gasteiger partial charge in [0.25, 0.3) is 10.0 Å². The Kier molecular flexibility index (Phi) is 3.96. The van der Waals surface area contributed by atoms with Crippen LogP contribution in [-0.4, -0.2) is 18.2 Å². The fourth-order valence-electron chi connectivity index (χ4n) is 1.70. The monoisotopic (exact) mass is 343 g/mol. The number of aryl methyl sites for hydroxylation is 2. The van der Waals surface area contributed by atoms with Crippen molar-refractivity contribution in [2.75, 3.05) is 4.72 Å². The summed E-state index contributed by atoms with van der Waals surface area (Å²) in [6.07, 6.45) is 3.53. The summed E-state index contributed by atoms with van der Waals surface area (Å²) in [5, 5.41) is 3.87. The number of aromatic nitrogens is 2. The van der Waals surface area contributed by atoms with Crippen molar-refractivity contribution in [2.45, 2.75) is 18.2 Å². The summed E-state index contributed by atoms with van der Waals surface area (Å²) in [6.45, 7) is 1.98. The fraction of sp³-hybridized carbons (Fsp3) is 0.250. The highest BCUT2D eigenvalue weighted by Gasteiger charge is 2.17. The zero-order valence-electron chi connectivity index (χ0n) is 10.6. The molecule has 0 saturated carbocycles. The van der Waals surface area contributed by atoms with E-state index in [1.54, 1.807) is 19.2 Å². The first-order chi connectivity index (χ1) is 8.92. The van der Waals surface area contributed by atoms with E-state index in [1.807, 2.05) is 13.0 Å². The van der Waals surface area contributed by atoms with Crippen LogP contribution in [0.15, 0.2) is 40.0 Å².